The van der Waals surface area contributed by atoms with Crippen LogP contribution in [0.4, 0.5) is 5.82 Å². The largest absolute Gasteiger partial charge is 0.507 e. The Morgan fingerprint density at radius 2 is 1.88 bits per heavy atom. The standard InChI is InChI=1S/C19H22N4O2/c1-11(24)23-13-6-7-14(23)9-12(8-13)16-10-17(21-22-19(16)20)15-4-2-3-5-18(15)25/h2-5,10,12-14,25H,6-9H2,1H3,(H2,20,22)/t12-,13-,14+. The molecule has 2 aliphatic rings. The topological polar surface area (TPSA) is 92.3 Å². The average molecular weight is 338 g/mol. The first kappa shape index (κ1) is 15.9. The van der Waals surface area contributed by atoms with E-state index in [2.05, 4.69) is 10.2 Å². The van der Waals surface area contributed by atoms with Crippen LogP contribution in [0.3, 0.4) is 0 Å². The fourth-order valence-electron chi connectivity index (χ4n) is 4.51. The van der Waals surface area contributed by atoms with Gasteiger partial charge in [0.2, 0.25) is 5.91 Å². The Morgan fingerprint density at radius 1 is 1.20 bits per heavy atom. The van der Waals surface area contributed by atoms with Gasteiger partial charge in [-0.15, -0.1) is 10.2 Å². The molecule has 2 saturated heterocycles. The molecule has 6 nitrogen and oxygen atoms in total. The summed E-state index contributed by atoms with van der Waals surface area (Å²) in [5, 5.41) is 18.4. The van der Waals surface area contributed by atoms with E-state index in [1.165, 1.54) is 0 Å². The third kappa shape index (κ3) is 2.71. The molecule has 0 saturated carbocycles. The van der Waals surface area contributed by atoms with Gasteiger partial charge in [-0.25, -0.2) is 0 Å². The number of nitrogens with zero attached hydrogens (tertiary/aromatic N) is 3. The molecular formula is C19H22N4O2. The molecule has 1 amide bonds. The zero-order valence-electron chi connectivity index (χ0n) is 14.2. The summed E-state index contributed by atoms with van der Waals surface area (Å²) in [6.07, 6.45) is 3.94. The highest BCUT2D eigenvalue weighted by Gasteiger charge is 2.42. The van der Waals surface area contributed by atoms with E-state index in [1.807, 2.05) is 23.1 Å². The predicted octanol–water partition coefficient (Wildman–Crippen LogP) is 2.69. The molecule has 2 fully saturated rings. The Morgan fingerprint density at radius 3 is 2.52 bits per heavy atom. The number of nitrogen functional groups attached to an aromatic ring is 1. The molecule has 3 N–H and O–H groups in total. The molecule has 1 aromatic carbocycles. The third-order valence-corrected chi connectivity index (χ3v) is 5.57. The van der Waals surface area contributed by atoms with Crippen molar-refractivity contribution in [2.45, 2.75) is 50.6 Å². The lowest BCUT2D eigenvalue weighted by Gasteiger charge is -2.38. The number of nitrogens with two attached hydrogens (primary N) is 1. The first-order chi connectivity index (χ1) is 12.0. The van der Waals surface area contributed by atoms with Gasteiger partial charge in [-0.2, -0.15) is 0 Å². The van der Waals surface area contributed by atoms with Crippen molar-refractivity contribution >= 4 is 11.7 Å². The van der Waals surface area contributed by atoms with E-state index in [4.69, 9.17) is 5.73 Å². The summed E-state index contributed by atoms with van der Waals surface area (Å²) < 4.78 is 0. The number of fused-ring (bicyclic) bond motifs is 2. The van der Waals surface area contributed by atoms with Crippen LogP contribution in [0.15, 0.2) is 30.3 Å². The monoisotopic (exact) mass is 338 g/mol. The number of aromatic nitrogens is 2. The van der Waals surface area contributed by atoms with Gasteiger partial charge in [0.25, 0.3) is 0 Å². The van der Waals surface area contributed by atoms with E-state index in [9.17, 15) is 9.90 Å². The van der Waals surface area contributed by atoms with Gasteiger partial charge >= 0.3 is 0 Å². The predicted molar refractivity (Wildman–Crippen MR) is 94.9 cm³/mol. The number of rotatable bonds is 2. The summed E-state index contributed by atoms with van der Waals surface area (Å²) in [6, 6.07) is 9.63. The molecule has 1 aromatic heterocycles. The third-order valence-electron chi connectivity index (χ3n) is 5.57. The van der Waals surface area contributed by atoms with Crippen LogP contribution in [0.5, 0.6) is 5.75 Å². The fraction of sp³-hybridized carbons (Fsp3) is 0.421. The SMILES string of the molecule is CC(=O)N1[C@@H]2CC[C@H]1C[C@H](c1cc(-c3ccccc3O)nnc1N)C2. The van der Waals surface area contributed by atoms with Crippen LogP contribution in [-0.4, -0.2) is 38.2 Å². The van der Waals surface area contributed by atoms with E-state index in [1.54, 1.807) is 19.1 Å². The van der Waals surface area contributed by atoms with Gasteiger partial charge in [-0.1, -0.05) is 12.1 Å². The minimum atomic E-state index is 0.168. The normalized spacial score (nSPS) is 25.2. The van der Waals surface area contributed by atoms with Crippen molar-refractivity contribution in [1.29, 1.82) is 0 Å². The lowest BCUT2D eigenvalue weighted by Crippen LogP contribution is -2.45. The number of amides is 1. The molecule has 25 heavy (non-hydrogen) atoms. The molecule has 4 rings (SSSR count). The molecule has 0 aliphatic carbocycles. The van der Waals surface area contributed by atoms with Crippen LogP contribution in [0.2, 0.25) is 0 Å². The van der Waals surface area contributed by atoms with E-state index >= 15 is 0 Å². The summed E-state index contributed by atoms with van der Waals surface area (Å²) in [7, 11) is 0. The number of benzene rings is 1. The van der Waals surface area contributed by atoms with Crippen molar-refractivity contribution in [3.8, 4) is 17.0 Å². The number of phenols is 1. The number of aromatic hydroxyl groups is 1. The molecular weight excluding hydrogens is 316 g/mol. The summed E-state index contributed by atoms with van der Waals surface area (Å²) >= 11 is 0. The molecule has 2 aliphatic heterocycles. The Labute approximate surface area is 146 Å². The average Bonchev–Trinajstić information content (AvgIpc) is 2.87. The van der Waals surface area contributed by atoms with Gasteiger partial charge in [0.1, 0.15) is 11.6 Å². The summed E-state index contributed by atoms with van der Waals surface area (Å²) in [5.74, 6) is 1.06. The zero-order valence-corrected chi connectivity index (χ0v) is 14.2. The van der Waals surface area contributed by atoms with Gasteiger partial charge in [0.15, 0.2) is 0 Å². The maximum atomic E-state index is 11.9. The van der Waals surface area contributed by atoms with E-state index in [0.717, 1.165) is 31.2 Å². The highest BCUT2D eigenvalue weighted by Crippen LogP contribution is 2.44. The van der Waals surface area contributed by atoms with Gasteiger partial charge in [-0.05, 0) is 49.8 Å². The van der Waals surface area contributed by atoms with E-state index in [-0.39, 0.29) is 17.6 Å². The smallest absolute Gasteiger partial charge is 0.219 e. The van der Waals surface area contributed by atoms with Crippen LogP contribution < -0.4 is 5.73 Å². The van der Waals surface area contributed by atoms with Crippen molar-refractivity contribution in [1.82, 2.24) is 15.1 Å². The van der Waals surface area contributed by atoms with Gasteiger partial charge in [0, 0.05) is 30.1 Å². The van der Waals surface area contributed by atoms with Crippen LogP contribution in [0, 0.1) is 0 Å². The van der Waals surface area contributed by atoms with Crippen molar-refractivity contribution in [3.05, 3.63) is 35.9 Å². The number of phenolic OH excluding ortho intramolecular Hbond substituents is 1. The summed E-state index contributed by atoms with van der Waals surface area (Å²) in [4.78, 5) is 13.9. The number of piperidine rings is 1. The van der Waals surface area contributed by atoms with Crippen molar-refractivity contribution < 1.29 is 9.90 Å². The number of para-hydroxylation sites is 1. The van der Waals surface area contributed by atoms with Gasteiger partial charge in [-0.3, -0.25) is 4.79 Å². The number of carbonyl (C=O) groups excluding carboxylic acids is 1. The van der Waals surface area contributed by atoms with Crippen LogP contribution >= 0.6 is 0 Å². The van der Waals surface area contributed by atoms with Gasteiger partial charge < -0.3 is 15.7 Å². The molecule has 6 heteroatoms. The van der Waals surface area contributed by atoms with Crippen LogP contribution in [-0.2, 0) is 4.79 Å². The zero-order chi connectivity index (χ0) is 17.6. The summed E-state index contributed by atoms with van der Waals surface area (Å²) in [6.45, 7) is 1.66. The van der Waals surface area contributed by atoms with Gasteiger partial charge in [0.05, 0.1) is 5.69 Å². The minimum Gasteiger partial charge on any atom is -0.507 e. The number of hydrogen-bond donors (Lipinski definition) is 2. The number of carbonyl (C=O) groups is 1. The van der Waals surface area contributed by atoms with E-state index < -0.39 is 0 Å². The highest BCUT2D eigenvalue weighted by molar-refractivity contribution is 5.74. The van der Waals surface area contributed by atoms with Crippen molar-refractivity contribution in [3.63, 3.8) is 0 Å². The Hall–Kier alpha value is -2.63. The molecule has 3 heterocycles. The van der Waals surface area contributed by atoms with E-state index in [0.29, 0.717) is 29.2 Å². The lowest BCUT2D eigenvalue weighted by molar-refractivity contribution is -0.133. The Balaban J connectivity index is 1.67. The molecule has 0 unspecified atom stereocenters. The molecule has 2 bridgehead atoms. The molecule has 2 aromatic rings. The Kier molecular flexibility index (Phi) is 3.82. The van der Waals surface area contributed by atoms with Crippen molar-refractivity contribution in [2.24, 2.45) is 0 Å². The second-order valence-corrected chi connectivity index (χ2v) is 7.07. The molecule has 0 radical (unpaired) electrons. The molecule has 3 atom stereocenters. The summed E-state index contributed by atoms with van der Waals surface area (Å²) in [5.41, 5.74) is 8.39. The Bertz CT molecular complexity index is 809. The second-order valence-electron chi connectivity index (χ2n) is 7.07. The van der Waals surface area contributed by atoms with Crippen LogP contribution in [0.25, 0.3) is 11.3 Å². The first-order valence-corrected chi connectivity index (χ1v) is 8.75. The number of hydrogen-bond acceptors (Lipinski definition) is 5. The fourth-order valence-corrected chi connectivity index (χ4v) is 4.51. The number of anilines is 1. The second kappa shape index (κ2) is 6.02. The quantitative estimate of drug-likeness (QED) is 0.878. The minimum absolute atomic E-state index is 0.168. The maximum absolute atomic E-state index is 11.9. The lowest BCUT2D eigenvalue weighted by atomic mass is 9.85. The van der Waals surface area contributed by atoms with Crippen molar-refractivity contribution in [2.75, 3.05) is 5.73 Å². The molecule has 0 spiro atoms. The maximum Gasteiger partial charge on any atom is 0.219 e. The van der Waals surface area contributed by atoms with Crippen LogP contribution in [0.1, 0.15) is 44.1 Å². The first-order valence-electron chi connectivity index (χ1n) is 8.75. The highest BCUT2D eigenvalue weighted by atomic mass is 16.3. The molecule has 130 valence electrons.